The third-order valence-electron chi connectivity index (χ3n) is 5.05. The number of likely N-dealkylation sites (tertiary alicyclic amines) is 1. The lowest BCUT2D eigenvalue weighted by Gasteiger charge is -2.52. The number of ketones is 1. The molecule has 128 valence electrons. The van der Waals surface area contributed by atoms with Crippen molar-refractivity contribution in [2.24, 2.45) is 5.92 Å². The van der Waals surface area contributed by atoms with Crippen LogP contribution in [-0.2, 0) is 19.2 Å². The van der Waals surface area contributed by atoms with E-state index in [0.29, 0.717) is 0 Å². The second-order valence-corrected chi connectivity index (χ2v) is 6.55. The molecule has 2 fully saturated rings. The molecule has 0 bridgehead atoms. The molecule has 2 heterocycles. The monoisotopic (exact) mass is 325 g/mol. The van der Waals surface area contributed by atoms with Gasteiger partial charge in [0.05, 0.1) is 12.6 Å². The van der Waals surface area contributed by atoms with Gasteiger partial charge in [0.15, 0.2) is 5.78 Å². The van der Waals surface area contributed by atoms with Gasteiger partial charge in [-0.2, -0.15) is 0 Å². The zero-order valence-electron chi connectivity index (χ0n) is 14.0. The fourth-order valence-electron chi connectivity index (χ4n) is 3.66. The number of rotatable bonds is 4. The van der Waals surface area contributed by atoms with Gasteiger partial charge in [0, 0.05) is 19.9 Å². The molecule has 2 saturated heterocycles. The summed E-state index contributed by atoms with van der Waals surface area (Å²) >= 11 is 0. The van der Waals surface area contributed by atoms with E-state index in [2.05, 4.69) is 5.32 Å². The lowest BCUT2D eigenvalue weighted by atomic mass is 9.75. The first-order valence-corrected chi connectivity index (χ1v) is 7.59. The number of hydrogen-bond acceptors (Lipinski definition) is 5. The highest BCUT2D eigenvalue weighted by atomic mass is 16.3. The van der Waals surface area contributed by atoms with E-state index in [1.54, 1.807) is 6.92 Å². The molecule has 0 saturated carbocycles. The molecule has 3 unspecified atom stereocenters. The van der Waals surface area contributed by atoms with Gasteiger partial charge >= 0.3 is 0 Å². The topological polar surface area (TPSA) is 107 Å². The summed E-state index contributed by atoms with van der Waals surface area (Å²) in [7, 11) is 1.52. The zero-order valence-corrected chi connectivity index (χ0v) is 14.0. The second kappa shape index (κ2) is 5.59. The Balaban J connectivity index is 2.24. The minimum atomic E-state index is -1.10. The van der Waals surface area contributed by atoms with Crippen molar-refractivity contribution in [2.45, 2.75) is 51.4 Å². The number of aliphatic hydroxyl groups excluding tert-OH is 1. The third-order valence-corrected chi connectivity index (χ3v) is 5.05. The summed E-state index contributed by atoms with van der Waals surface area (Å²) < 4.78 is 0. The molecule has 0 aliphatic carbocycles. The summed E-state index contributed by atoms with van der Waals surface area (Å²) in [5, 5.41) is 12.4. The lowest BCUT2D eigenvalue weighted by Crippen LogP contribution is -2.77. The molecular weight excluding hydrogens is 302 g/mol. The van der Waals surface area contributed by atoms with Crippen molar-refractivity contribution >= 4 is 23.5 Å². The Morgan fingerprint density at radius 2 is 1.96 bits per heavy atom. The van der Waals surface area contributed by atoms with Crippen LogP contribution < -0.4 is 5.32 Å². The highest BCUT2D eigenvalue weighted by Gasteiger charge is 2.66. The SMILES string of the molecule is CC(=O)[C@H]([C@@H](C)O)N1CC2(NC(=O)C(N(C)C(C)=O)C2C)C1=O. The van der Waals surface area contributed by atoms with Crippen molar-refractivity contribution in [3.63, 3.8) is 0 Å². The maximum atomic E-state index is 12.7. The molecular formula is C15H23N3O5. The minimum absolute atomic E-state index is 0.149. The number of aliphatic hydroxyl groups is 1. The number of Topliss-reactive ketones (excluding diaryl/α,β-unsaturated/α-hetero) is 1. The van der Waals surface area contributed by atoms with Gasteiger partial charge in [-0.15, -0.1) is 0 Å². The van der Waals surface area contributed by atoms with E-state index in [1.807, 2.05) is 0 Å². The molecule has 2 aliphatic heterocycles. The summed E-state index contributed by atoms with van der Waals surface area (Å²) in [6.45, 7) is 6.02. The summed E-state index contributed by atoms with van der Waals surface area (Å²) in [6.07, 6.45) is -0.989. The maximum absolute atomic E-state index is 12.7. The minimum Gasteiger partial charge on any atom is -0.391 e. The predicted octanol–water partition coefficient (Wildman–Crippen LogP) is -1.48. The Hall–Kier alpha value is -1.96. The number of β-lactam (4-membered cyclic amide) rings is 1. The van der Waals surface area contributed by atoms with E-state index < -0.39 is 29.6 Å². The van der Waals surface area contributed by atoms with Gasteiger partial charge in [-0.1, -0.05) is 6.92 Å². The van der Waals surface area contributed by atoms with E-state index in [9.17, 15) is 24.3 Å². The highest BCUT2D eigenvalue weighted by molar-refractivity contribution is 6.04. The van der Waals surface area contributed by atoms with Crippen LogP contribution in [0.2, 0.25) is 0 Å². The first kappa shape index (κ1) is 17.4. The van der Waals surface area contributed by atoms with Gasteiger partial charge in [-0.25, -0.2) is 0 Å². The van der Waals surface area contributed by atoms with Crippen LogP contribution in [0.5, 0.6) is 0 Å². The molecule has 1 spiro atoms. The lowest BCUT2D eigenvalue weighted by molar-refractivity contribution is -0.166. The molecule has 3 amide bonds. The Morgan fingerprint density at radius 3 is 2.35 bits per heavy atom. The van der Waals surface area contributed by atoms with Crippen LogP contribution in [0.4, 0.5) is 0 Å². The van der Waals surface area contributed by atoms with E-state index in [0.717, 1.165) is 0 Å². The van der Waals surface area contributed by atoms with Gasteiger partial charge in [0.1, 0.15) is 17.6 Å². The Labute approximate surface area is 134 Å². The number of likely N-dealkylation sites (N-methyl/N-ethyl adjacent to an activating group) is 1. The van der Waals surface area contributed by atoms with E-state index in [-0.39, 0.29) is 30.0 Å². The van der Waals surface area contributed by atoms with Crippen LogP contribution in [0.25, 0.3) is 0 Å². The maximum Gasteiger partial charge on any atom is 0.251 e. The highest BCUT2D eigenvalue weighted by Crippen LogP contribution is 2.40. The standard InChI is InChI=1S/C15H23N3O5/c1-7-11(17(5)10(4)21)13(22)16-15(7)6-18(14(15)23)12(8(2)19)9(3)20/h7-8,11-12,19H,6H2,1-5H3,(H,16,22)/t7?,8-,11?,12+,15?/m1/s1. The van der Waals surface area contributed by atoms with Gasteiger partial charge < -0.3 is 20.2 Å². The summed E-state index contributed by atoms with van der Waals surface area (Å²) in [5.41, 5.74) is -1.10. The van der Waals surface area contributed by atoms with Gasteiger partial charge in [-0.3, -0.25) is 19.2 Å². The number of amides is 3. The molecule has 2 N–H and O–H groups in total. The Kier molecular flexibility index (Phi) is 4.23. The quantitative estimate of drug-likeness (QED) is 0.613. The van der Waals surface area contributed by atoms with E-state index in [4.69, 9.17) is 0 Å². The van der Waals surface area contributed by atoms with E-state index in [1.165, 1.54) is 37.6 Å². The molecule has 23 heavy (non-hydrogen) atoms. The average Bonchev–Trinajstić information content (AvgIpc) is 2.69. The van der Waals surface area contributed by atoms with E-state index >= 15 is 0 Å². The normalized spacial score (nSPS) is 32.3. The number of nitrogens with zero attached hydrogens (tertiary/aromatic N) is 2. The molecule has 5 atom stereocenters. The molecule has 0 aromatic carbocycles. The molecule has 2 rings (SSSR count). The Bertz CT molecular complexity index is 575. The van der Waals surface area contributed by atoms with Gasteiger partial charge in [-0.05, 0) is 13.8 Å². The zero-order chi connectivity index (χ0) is 17.7. The summed E-state index contributed by atoms with van der Waals surface area (Å²) in [4.78, 5) is 50.8. The predicted molar refractivity (Wildman–Crippen MR) is 80.1 cm³/mol. The molecule has 0 aromatic heterocycles. The first-order chi connectivity index (χ1) is 10.5. The van der Waals surface area contributed by atoms with Crippen molar-refractivity contribution in [3.05, 3.63) is 0 Å². The largest absolute Gasteiger partial charge is 0.391 e. The second-order valence-electron chi connectivity index (χ2n) is 6.55. The Morgan fingerprint density at radius 1 is 1.39 bits per heavy atom. The van der Waals surface area contributed by atoms with Crippen LogP contribution >= 0.6 is 0 Å². The third kappa shape index (κ3) is 2.41. The fourth-order valence-corrected chi connectivity index (χ4v) is 3.66. The van der Waals surface area contributed by atoms with Crippen LogP contribution in [-0.4, -0.2) is 75.7 Å². The molecule has 0 aromatic rings. The van der Waals surface area contributed by atoms with Gasteiger partial charge in [0.25, 0.3) is 5.91 Å². The number of nitrogens with one attached hydrogen (secondary N) is 1. The van der Waals surface area contributed by atoms with Crippen molar-refractivity contribution < 1.29 is 24.3 Å². The van der Waals surface area contributed by atoms with Crippen molar-refractivity contribution in [1.82, 2.24) is 15.1 Å². The number of carbonyl (C=O) groups is 4. The van der Waals surface area contributed by atoms with Gasteiger partial charge in [0.2, 0.25) is 11.8 Å². The molecule has 8 heteroatoms. The van der Waals surface area contributed by atoms with Crippen molar-refractivity contribution in [3.8, 4) is 0 Å². The van der Waals surface area contributed by atoms with Crippen LogP contribution in [0.3, 0.4) is 0 Å². The molecule has 2 aliphatic rings. The summed E-state index contributed by atoms with van der Waals surface area (Å²) in [6, 6.07) is -1.64. The van der Waals surface area contributed by atoms with Crippen LogP contribution in [0.1, 0.15) is 27.7 Å². The fraction of sp³-hybridized carbons (Fsp3) is 0.733. The average molecular weight is 325 g/mol. The smallest absolute Gasteiger partial charge is 0.251 e. The van der Waals surface area contributed by atoms with Crippen molar-refractivity contribution in [2.75, 3.05) is 13.6 Å². The number of carbonyl (C=O) groups excluding carboxylic acids is 4. The van der Waals surface area contributed by atoms with Crippen molar-refractivity contribution in [1.29, 1.82) is 0 Å². The molecule has 8 nitrogen and oxygen atoms in total. The molecule has 0 radical (unpaired) electrons. The first-order valence-electron chi connectivity index (χ1n) is 7.59. The summed E-state index contributed by atoms with van der Waals surface area (Å²) in [5.74, 6) is -1.76. The van der Waals surface area contributed by atoms with Crippen LogP contribution in [0, 0.1) is 5.92 Å². The van der Waals surface area contributed by atoms with Crippen LogP contribution in [0.15, 0.2) is 0 Å². The number of hydrogen-bond donors (Lipinski definition) is 2.